The van der Waals surface area contributed by atoms with Gasteiger partial charge in [-0.2, -0.15) is 0 Å². The number of non-ortho nitro benzene ring substituents is 1. The largest absolute Gasteiger partial charge is 0.459 e. The van der Waals surface area contributed by atoms with Crippen LogP contribution in [-0.2, 0) is 20.9 Å². The van der Waals surface area contributed by atoms with E-state index in [1.54, 1.807) is 20.8 Å². The van der Waals surface area contributed by atoms with E-state index in [9.17, 15) is 29.3 Å². The molecule has 40 heavy (non-hydrogen) atoms. The lowest BCUT2D eigenvalue weighted by Crippen LogP contribution is -2.53. The van der Waals surface area contributed by atoms with Crippen LogP contribution < -0.4 is 10.6 Å². The standard InChI is InChI=1S/C29H36N4O7/c1-18(2)15-24(25(34)30-17-19-9-7-6-8-10-19)31-23(28(37)40-29(3,4)5)13-14-32-26(35)21-12-11-20(33(38)39)16-22(21)27(32)36/h6-12,16,18,23-24,31H,13-15,17H2,1-5H3,(H,30,34)/t23-,24+/m1/s1. The van der Waals surface area contributed by atoms with Crippen LogP contribution in [0.1, 0.15) is 73.7 Å². The third-order valence-electron chi connectivity index (χ3n) is 6.23. The molecule has 3 amide bonds. The van der Waals surface area contributed by atoms with E-state index in [0.29, 0.717) is 13.0 Å². The number of rotatable bonds is 12. The van der Waals surface area contributed by atoms with Gasteiger partial charge in [-0.25, -0.2) is 0 Å². The Morgan fingerprint density at radius 1 is 1.00 bits per heavy atom. The molecular formula is C29H36N4O7. The van der Waals surface area contributed by atoms with E-state index in [-0.39, 0.29) is 41.6 Å². The summed E-state index contributed by atoms with van der Waals surface area (Å²) < 4.78 is 5.59. The molecule has 214 valence electrons. The van der Waals surface area contributed by atoms with E-state index >= 15 is 0 Å². The van der Waals surface area contributed by atoms with E-state index < -0.39 is 40.4 Å². The van der Waals surface area contributed by atoms with Crippen molar-refractivity contribution in [2.45, 2.75) is 71.7 Å². The molecule has 11 heteroatoms. The molecule has 2 aromatic rings. The van der Waals surface area contributed by atoms with Gasteiger partial charge in [0.2, 0.25) is 5.91 Å². The number of carbonyl (C=O) groups excluding carboxylic acids is 4. The van der Waals surface area contributed by atoms with Gasteiger partial charge in [-0.1, -0.05) is 44.2 Å². The first kappa shape index (κ1) is 30.4. The highest BCUT2D eigenvalue weighted by molar-refractivity contribution is 6.21. The number of esters is 1. The molecule has 0 fully saturated rings. The summed E-state index contributed by atoms with van der Waals surface area (Å²) in [6.07, 6.45) is 0.402. The summed E-state index contributed by atoms with van der Waals surface area (Å²) in [5.74, 6) is -2.07. The van der Waals surface area contributed by atoms with Crippen molar-refractivity contribution in [3.8, 4) is 0 Å². The lowest BCUT2D eigenvalue weighted by Gasteiger charge is -2.29. The normalized spacial score (nSPS) is 14.6. The van der Waals surface area contributed by atoms with E-state index in [0.717, 1.165) is 16.5 Å². The number of carbonyl (C=O) groups is 4. The van der Waals surface area contributed by atoms with Gasteiger partial charge in [-0.05, 0) is 51.2 Å². The fraction of sp³-hybridized carbons (Fsp3) is 0.448. The molecule has 1 aliphatic heterocycles. The van der Waals surface area contributed by atoms with Crippen LogP contribution in [0.25, 0.3) is 0 Å². The minimum atomic E-state index is -1.01. The van der Waals surface area contributed by atoms with Crippen molar-refractivity contribution < 1.29 is 28.8 Å². The molecule has 0 unspecified atom stereocenters. The van der Waals surface area contributed by atoms with Crippen molar-refractivity contribution in [2.24, 2.45) is 5.92 Å². The predicted octanol–water partition coefficient (Wildman–Crippen LogP) is 3.61. The smallest absolute Gasteiger partial charge is 0.323 e. The molecule has 0 aliphatic carbocycles. The third-order valence-corrected chi connectivity index (χ3v) is 6.23. The van der Waals surface area contributed by atoms with Crippen LogP contribution >= 0.6 is 0 Å². The molecule has 11 nitrogen and oxygen atoms in total. The Morgan fingerprint density at radius 2 is 1.65 bits per heavy atom. The molecule has 1 heterocycles. The van der Waals surface area contributed by atoms with Crippen molar-refractivity contribution >= 4 is 29.4 Å². The number of benzene rings is 2. The number of nitro benzene ring substituents is 1. The average Bonchev–Trinajstić information content (AvgIpc) is 3.12. The quantitative estimate of drug-likeness (QED) is 0.176. The molecule has 0 radical (unpaired) electrons. The Balaban J connectivity index is 1.78. The molecule has 2 N–H and O–H groups in total. The summed E-state index contributed by atoms with van der Waals surface area (Å²) >= 11 is 0. The van der Waals surface area contributed by atoms with Crippen LogP contribution in [0.15, 0.2) is 48.5 Å². The molecule has 0 bridgehead atoms. The second-order valence-electron chi connectivity index (χ2n) is 11.2. The van der Waals surface area contributed by atoms with Crippen LogP contribution in [0.2, 0.25) is 0 Å². The number of nitrogens with one attached hydrogen (secondary N) is 2. The fourth-order valence-corrected chi connectivity index (χ4v) is 4.37. The highest BCUT2D eigenvalue weighted by Crippen LogP contribution is 2.27. The lowest BCUT2D eigenvalue weighted by molar-refractivity contribution is -0.384. The van der Waals surface area contributed by atoms with Crippen LogP contribution in [0.5, 0.6) is 0 Å². The number of imide groups is 1. The maximum atomic E-state index is 13.2. The van der Waals surface area contributed by atoms with Crippen molar-refractivity contribution in [3.63, 3.8) is 0 Å². The third kappa shape index (κ3) is 7.95. The van der Waals surface area contributed by atoms with Gasteiger partial charge in [0.1, 0.15) is 11.6 Å². The van der Waals surface area contributed by atoms with E-state index in [1.165, 1.54) is 12.1 Å². The molecule has 3 rings (SSSR count). The first-order valence-electron chi connectivity index (χ1n) is 13.2. The van der Waals surface area contributed by atoms with Crippen molar-refractivity contribution in [3.05, 3.63) is 75.3 Å². The van der Waals surface area contributed by atoms with E-state index in [4.69, 9.17) is 4.74 Å². The topological polar surface area (TPSA) is 148 Å². The lowest BCUT2D eigenvalue weighted by atomic mass is 10.0. The molecule has 0 aromatic heterocycles. The van der Waals surface area contributed by atoms with Gasteiger partial charge in [-0.3, -0.25) is 39.5 Å². The molecule has 2 atom stereocenters. The second kappa shape index (κ2) is 12.8. The number of ether oxygens (including phenoxy) is 1. The highest BCUT2D eigenvalue weighted by Gasteiger charge is 2.38. The Morgan fingerprint density at radius 3 is 2.25 bits per heavy atom. The predicted molar refractivity (Wildman–Crippen MR) is 147 cm³/mol. The molecule has 0 spiro atoms. The Labute approximate surface area is 233 Å². The SMILES string of the molecule is CC(C)C[C@H](N[C@H](CCN1C(=O)c2ccc([N+](=O)[O-])cc2C1=O)C(=O)OC(C)(C)C)C(=O)NCc1ccccc1. The van der Waals surface area contributed by atoms with Crippen molar-refractivity contribution in [2.75, 3.05) is 6.54 Å². The molecule has 2 aromatic carbocycles. The van der Waals surface area contributed by atoms with Crippen molar-refractivity contribution in [1.29, 1.82) is 0 Å². The van der Waals surface area contributed by atoms with Crippen molar-refractivity contribution in [1.82, 2.24) is 15.5 Å². The number of nitrogens with zero attached hydrogens (tertiary/aromatic N) is 2. The summed E-state index contributed by atoms with van der Waals surface area (Å²) in [6, 6.07) is 11.2. The monoisotopic (exact) mass is 552 g/mol. The van der Waals surface area contributed by atoms with Gasteiger partial charge in [0.25, 0.3) is 17.5 Å². The molecule has 1 aliphatic rings. The summed E-state index contributed by atoms with van der Waals surface area (Å²) in [5, 5.41) is 17.2. The summed E-state index contributed by atoms with van der Waals surface area (Å²) in [4.78, 5) is 63.8. The number of hydrogen-bond acceptors (Lipinski definition) is 8. The fourth-order valence-electron chi connectivity index (χ4n) is 4.37. The Kier molecular flexibility index (Phi) is 9.75. The van der Waals surface area contributed by atoms with Crippen LogP contribution in [-0.4, -0.2) is 57.7 Å². The van der Waals surface area contributed by atoms with Crippen LogP contribution in [0.3, 0.4) is 0 Å². The van der Waals surface area contributed by atoms with E-state index in [2.05, 4.69) is 10.6 Å². The minimum absolute atomic E-state index is 0.0248. The maximum Gasteiger partial charge on any atom is 0.323 e. The zero-order valence-corrected chi connectivity index (χ0v) is 23.4. The Bertz CT molecular complexity index is 1270. The first-order chi connectivity index (χ1) is 18.8. The van der Waals surface area contributed by atoms with Crippen LogP contribution in [0.4, 0.5) is 5.69 Å². The minimum Gasteiger partial charge on any atom is -0.459 e. The molecule has 0 saturated heterocycles. The van der Waals surface area contributed by atoms with Gasteiger partial charge < -0.3 is 10.1 Å². The summed E-state index contributed by atoms with van der Waals surface area (Å²) in [7, 11) is 0. The zero-order chi connectivity index (χ0) is 29.6. The highest BCUT2D eigenvalue weighted by atomic mass is 16.6. The second-order valence-corrected chi connectivity index (χ2v) is 11.2. The summed E-state index contributed by atoms with van der Waals surface area (Å²) in [6.45, 7) is 9.23. The number of hydrogen-bond donors (Lipinski definition) is 2. The molecular weight excluding hydrogens is 516 g/mol. The van der Waals surface area contributed by atoms with E-state index in [1.807, 2.05) is 44.2 Å². The zero-order valence-electron chi connectivity index (χ0n) is 23.4. The van der Waals surface area contributed by atoms with Gasteiger partial charge in [0.05, 0.1) is 22.1 Å². The number of fused-ring (bicyclic) bond motifs is 1. The van der Waals surface area contributed by atoms with Gasteiger partial charge in [-0.15, -0.1) is 0 Å². The summed E-state index contributed by atoms with van der Waals surface area (Å²) in [5.41, 5.74) is -0.176. The van der Waals surface area contributed by atoms with Gasteiger partial charge in [0, 0.05) is 25.2 Å². The van der Waals surface area contributed by atoms with Gasteiger partial charge >= 0.3 is 5.97 Å². The Hall–Kier alpha value is -4.12. The van der Waals surface area contributed by atoms with Crippen LogP contribution in [0, 0.1) is 16.0 Å². The first-order valence-corrected chi connectivity index (χ1v) is 13.2. The number of nitro groups is 1. The maximum absolute atomic E-state index is 13.2. The van der Waals surface area contributed by atoms with Gasteiger partial charge in [0.15, 0.2) is 0 Å². The average molecular weight is 553 g/mol. The molecule has 0 saturated carbocycles. The number of amides is 3.